The number of hydrogen-bond donors (Lipinski definition) is 3. The Morgan fingerprint density at radius 3 is 2.62 bits per heavy atom. The molecule has 0 bridgehead atoms. The lowest BCUT2D eigenvalue weighted by atomic mass is 10.1. The van der Waals surface area contributed by atoms with Crippen LogP contribution in [-0.4, -0.2) is 23.2 Å². The molecular weight excluding hydrogens is 338 g/mol. The van der Waals surface area contributed by atoms with E-state index in [1.165, 1.54) is 22.0 Å². The number of halogens is 1. The zero-order valence-electron chi connectivity index (χ0n) is 13.3. The molecule has 0 saturated heterocycles. The van der Waals surface area contributed by atoms with Crippen molar-refractivity contribution in [1.29, 1.82) is 0 Å². The number of nitrogens with one attached hydrogen (secondary N) is 3. The molecule has 0 spiro atoms. The van der Waals surface area contributed by atoms with Gasteiger partial charge in [-0.05, 0) is 54.4 Å². The van der Waals surface area contributed by atoms with Gasteiger partial charge in [0.2, 0.25) is 0 Å². The zero-order chi connectivity index (χ0) is 16.8. The van der Waals surface area contributed by atoms with Crippen molar-refractivity contribution in [2.75, 3.05) is 13.1 Å². The summed E-state index contributed by atoms with van der Waals surface area (Å²) in [6.45, 7) is 1.60. The van der Waals surface area contributed by atoms with Crippen LogP contribution in [0, 0.1) is 0 Å². The third-order valence-corrected chi connectivity index (χ3v) is 4.47. The van der Waals surface area contributed by atoms with Gasteiger partial charge in [-0.15, -0.1) is 0 Å². The van der Waals surface area contributed by atoms with Crippen molar-refractivity contribution in [1.82, 2.24) is 15.6 Å². The van der Waals surface area contributed by atoms with Crippen molar-refractivity contribution in [3.63, 3.8) is 0 Å². The van der Waals surface area contributed by atoms with Crippen molar-refractivity contribution in [2.45, 2.75) is 12.8 Å². The number of H-pyrrole nitrogens is 1. The summed E-state index contributed by atoms with van der Waals surface area (Å²) < 4.78 is 0. The average molecular weight is 358 g/mol. The van der Waals surface area contributed by atoms with E-state index in [1.54, 1.807) is 0 Å². The summed E-state index contributed by atoms with van der Waals surface area (Å²) in [7, 11) is 0. The standard InChI is InChI=1S/C19H20ClN3S/c20-16-5-3-4-14(12-16)8-10-21-19(24)22-11-9-15-13-23-18-7-2-1-6-17(15)18/h1-7,12-13,23H,8-11H2,(H2,21,22,24). The first-order chi connectivity index (χ1) is 11.7. The lowest BCUT2D eigenvalue weighted by Crippen LogP contribution is -2.37. The van der Waals surface area contributed by atoms with Crippen LogP contribution in [0.3, 0.4) is 0 Å². The number of thiocarbonyl (C=S) groups is 1. The van der Waals surface area contributed by atoms with Crippen molar-refractivity contribution >= 4 is 39.8 Å². The van der Waals surface area contributed by atoms with Gasteiger partial charge in [0.1, 0.15) is 0 Å². The molecule has 0 saturated carbocycles. The maximum absolute atomic E-state index is 5.98. The average Bonchev–Trinajstić information content (AvgIpc) is 2.98. The highest BCUT2D eigenvalue weighted by molar-refractivity contribution is 7.80. The Morgan fingerprint density at radius 2 is 1.79 bits per heavy atom. The van der Waals surface area contributed by atoms with E-state index < -0.39 is 0 Å². The van der Waals surface area contributed by atoms with Crippen LogP contribution in [0.4, 0.5) is 0 Å². The van der Waals surface area contributed by atoms with Crippen LogP contribution >= 0.6 is 23.8 Å². The van der Waals surface area contributed by atoms with Crippen LogP contribution in [-0.2, 0) is 12.8 Å². The summed E-state index contributed by atoms with van der Waals surface area (Å²) in [6, 6.07) is 16.2. The molecule has 0 unspecified atom stereocenters. The summed E-state index contributed by atoms with van der Waals surface area (Å²) in [5.74, 6) is 0. The molecule has 0 aliphatic heterocycles. The van der Waals surface area contributed by atoms with Gasteiger partial charge in [0.15, 0.2) is 5.11 Å². The lowest BCUT2D eigenvalue weighted by Gasteiger charge is -2.10. The van der Waals surface area contributed by atoms with Gasteiger partial charge in [0.05, 0.1) is 0 Å². The van der Waals surface area contributed by atoms with E-state index in [2.05, 4.69) is 46.1 Å². The number of hydrogen-bond acceptors (Lipinski definition) is 1. The van der Waals surface area contributed by atoms with Crippen LogP contribution < -0.4 is 10.6 Å². The third-order valence-electron chi connectivity index (χ3n) is 3.94. The van der Waals surface area contributed by atoms with Gasteiger partial charge in [-0.3, -0.25) is 0 Å². The molecule has 3 rings (SSSR count). The fourth-order valence-corrected chi connectivity index (χ4v) is 3.14. The first-order valence-electron chi connectivity index (χ1n) is 8.03. The molecule has 0 fully saturated rings. The lowest BCUT2D eigenvalue weighted by molar-refractivity contribution is 0.804. The number of aromatic nitrogens is 1. The zero-order valence-corrected chi connectivity index (χ0v) is 14.9. The number of benzene rings is 2. The van der Waals surface area contributed by atoms with E-state index in [1.807, 2.05) is 24.3 Å². The molecule has 124 valence electrons. The Kier molecular flexibility index (Phi) is 5.72. The Balaban J connectivity index is 1.40. The third kappa shape index (κ3) is 4.49. The fourth-order valence-electron chi connectivity index (χ4n) is 2.72. The fraction of sp³-hybridized carbons (Fsp3) is 0.211. The highest BCUT2D eigenvalue weighted by Gasteiger charge is 2.03. The molecule has 24 heavy (non-hydrogen) atoms. The second-order valence-electron chi connectivity index (χ2n) is 5.67. The SMILES string of the molecule is S=C(NCCc1cccc(Cl)c1)NCCc1c[nH]c2ccccc12. The summed E-state index contributed by atoms with van der Waals surface area (Å²) in [6.07, 6.45) is 3.90. The topological polar surface area (TPSA) is 39.8 Å². The van der Waals surface area contributed by atoms with Gasteiger partial charge in [-0.25, -0.2) is 0 Å². The highest BCUT2D eigenvalue weighted by atomic mass is 35.5. The quantitative estimate of drug-likeness (QED) is 0.582. The Labute approximate surface area is 152 Å². The predicted molar refractivity (Wildman–Crippen MR) is 106 cm³/mol. The van der Waals surface area contributed by atoms with E-state index in [9.17, 15) is 0 Å². The van der Waals surface area contributed by atoms with E-state index in [4.69, 9.17) is 23.8 Å². The van der Waals surface area contributed by atoms with Gasteiger partial charge in [-0.2, -0.15) is 0 Å². The molecule has 1 heterocycles. The highest BCUT2D eigenvalue weighted by Crippen LogP contribution is 2.17. The smallest absolute Gasteiger partial charge is 0.166 e. The summed E-state index contributed by atoms with van der Waals surface area (Å²) in [5.41, 5.74) is 3.69. The predicted octanol–water partition coefficient (Wildman–Crippen LogP) is 4.07. The van der Waals surface area contributed by atoms with E-state index >= 15 is 0 Å². The first kappa shape index (κ1) is 16.8. The second kappa shape index (κ2) is 8.18. The van der Waals surface area contributed by atoms with E-state index in [0.717, 1.165) is 31.0 Å². The molecule has 0 aliphatic rings. The second-order valence-corrected chi connectivity index (χ2v) is 6.52. The van der Waals surface area contributed by atoms with Gasteiger partial charge in [0, 0.05) is 35.2 Å². The molecule has 0 atom stereocenters. The van der Waals surface area contributed by atoms with E-state index in [-0.39, 0.29) is 0 Å². The van der Waals surface area contributed by atoms with Gasteiger partial charge < -0.3 is 15.6 Å². The number of para-hydroxylation sites is 1. The number of aromatic amines is 1. The Morgan fingerprint density at radius 1 is 1.00 bits per heavy atom. The van der Waals surface area contributed by atoms with Crippen molar-refractivity contribution in [3.05, 3.63) is 70.9 Å². The Bertz CT molecular complexity index is 828. The first-order valence-corrected chi connectivity index (χ1v) is 8.82. The van der Waals surface area contributed by atoms with Crippen LogP contribution in [0.1, 0.15) is 11.1 Å². The number of rotatable bonds is 6. The van der Waals surface area contributed by atoms with Crippen molar-refractivity contribution in [2.24, 2.45) is 0 Å². The molecule has 1 aromatic heterocycles. The van der Waals surface area contributed by atoms with Crippen LogP contribution in [0.15, 0.2) is 54.7 Å². The van der Waals surface area contributed by atoms with Crippen molar-refractivity contribution < 1.29 is 0 Å². The van der Waals surface area contributed by atoms with E-state index in [0.29, 0.717) is 5.11 Å². The van der Waals surface area contributed by atoms with Crippen LogP contribution in [0.25, 0.3) is 10.9 Å². The van der Waals surface area contributed by atoms with Gasteiger partial charge in [0.25, 0.3) is 0 Å². The largest absolute Gasteiger partial charge is 0.362 e. The van der Waals surface area contributed by atoms with Gasteiger partial charge in [-0.1, -0.05) is 41.9 Å². The van der Waals surface area contributed by atoms with Crippen molar-refractivity contribution in [3.8, 4) is 0 Å². The molecule has 5 heteroatoms. The molecule has 3 N–H and O–H groups in total. The molecule has 0 amide bonds. The minimum absolute atomic E-state index is 0.692. The minimum Gasteiger partial charge on any atom is -0.362 e. The number of fused-ring (bicyclic) bond motifs is 1. The summed E-state index contributed by atoms with van der Waals surface area (Å²) in [5, 5.41) is 9.24. The Hall–Kier alpha value is -2.04. The van der Waals surface area contributed by atoms with Crippen LogP contribution in [0.2, 0.25) is 5.02 Å². The minimum atomic E-state index is 0.692. The molecule has 0 aliphatic carbocycles. The summed E-state index contributed by atoms with van der Waals surface area (Å²) >= 11 is 11.3. The van der Waals surface area contributed by atoms with Gasteiger partial charge >= 0.3 is 0 Å². The normalized spacial score (nSPS) is 10.7. The molecule has 3 aromatic rings. The molecular formula is C19H20ClN3S. The molecule has 0 radical (unpaired) electrons. The molecule has 2 aromatic carbocycles. The maximum atomic E-state index is 5.98. The van der Waals surface area contributed by atoms with Crippen LogP contribution in [0.5, 0.6) is 0 Å². The maximum Gasteiger partial charge on any atom is 0.166 e. The summed E-state index contributed by atoms with van der Waals surface area (Å²) in [4.78, 5) is 3.30. The monoisotopic (exact) mass is 357 g/mol. The molecule has 3 nitrogen and oxygen atoms in total.